The minimum atomic E-state index is -3.57. The molecule has 0 aliphatic carbocycles. The second-order valence-electron chi connectivity index (χ2n) is 5.11. The van der Waals surface area contributed by atoms with E-state index in [4.69, 9.17) is 4.74 Å². The smallest absolute Gasteiger partial charge is 0.241 e. The minimum absolute atomic E-state index is 0.247. The van der Waals surface area contributed by atoms with Crippen LogP contribution >= 0.6 is 0 Å². The summed E-state index contributed by atoms with van der Waals surface area (Å²) < 4.78 is 33.1. The molecule has 1 N–H and O–H groups in total. The fraction of sp³-hybridized carbons (Fsp3) is 0.294. The molecule has 0 bridgehead atoms. The van der Waals surface area contributed by atoms with E-state index in [-0.39, 0.29) is 10.9 Å². The zero-order chi connectivity index (χ0) is 16.2. The topological polar surface area (TPSA) is 55.4 Å². The van der Waals surface area contributed by atoms with Crippen molar-refractivity contribution in [3.63, 3.8) is 0 Å². The predicted molar refractivity (Wildman–Crippen MR) is 87.5 cm³/mol. The summed E-state index contributed by atoms with van der Waals surface area (Å²) in [7, 11) is -3.57. The fourth-order valence-electron chi connectivity index (χ4n) is 2.22. The van der Waals surface area contributed by atoms with Crippen LogP contribution in [0.4, 0.5) is 0 Å². The van der Waals surface area contributed by atoms with Crippen LogP contribution in [0.15, 0.2) is 53.4 Å². The van der Waals surface area contributed by atoms with Crippen LogP contribution in [0.3, 0.4) is 0 Å². The van der Waals surface area contributed by atoms with E-state index < -0.39 is 10.0 Å². The van der Waals surface area contributed by atoms with Crippen LogP contribution in [0.2, 0.25) is 0 Å². The van der Waals surface area contributed by atoms with Crippen molar-refractivity contribution in [3.05, 3.63) is 59.7 Å². The molecule has 5 heteroatoms. The lowest BCUT2D eigenvalue weighted by Gasteiger charge is -2.15. The lowest BCUT2D eigenvalue weighted by Crippen LogP contribution is -2.26. The van der Waals surface area contributed by atoms with Crippen molar-refractivity contribution in [2.45, 2.75) is 31.7 Å². The van der Waals surface area contributed by atoms with E-state index in [9.17, 15) is 8.42 Å². The van der Waals surface area contributed by atoms with Crippen molar-refractivity contribution < 1.29 is 13.2 Å². The summed E-state index contributed by atoms with van der Waals surface area (Å²) >= 11 is 0. The average molecular weight is 319 g/mol. The van der Waals surface area contributed by atoms with Crippen LogP contribution in [0.5, 0.6) is 5.75 Å². The van der Waals surface area contributed by atoms with Crippen molar-refractivity contribution in [1.82, 2.24) is 4.72 Å². The summed E-state index contributed by atoms with van der Waals surface area (Å²) in [6.45, 7) is 6.11. The molecule has 0 saturated carbocycles. The van der Waals surface area contributed by atoms with Gasteiger partial charge in [-0.15, -0.1) is 0 Å². The summed E-state index contributed by atoms with van der Waals surface area (Å²) in [5, 5.41) is 0. The van der Waals surface area contributed by atoms with E-state index >= 15 is 0 Å². The first-order valence-corrected chi connectivity index (χ1v) is 8.73. The molecule has 4 nitrogen and oxygen atoms in total. The maximum atomic E-state index is 12.5. The standard InChI is InChI=1S/C17H21NO3S/c1-4-21-17-11-10-16(12-13(17)2)22(19,20)18-14(3)15-8-6-5-7-9-15/h5-12,14,18H,4H2,1-3H3/t14-/m1/s1. The second-order valence-corrected chi connectivity index (χ2v) is 6.83. The Morgan fingerprint density at radius 3 is 2.41 bits per heavy atom. The number of sulfonamides is 1. The third kappa shape index (κ3) is 3.87. The number of ether oxygens (including phenoxy) is 1. The van der Waals surface area contributed by atoms with Gasteiger partial charge in [0.15, 0.2) is 0 Å². The summed E-state index contributed by atoms with van der Waals surface area (Å²) in [4.78, 5) is 0.247. The highest BCUT2D eigenvalue weighted by molar-refractivity contribution is 7.89. The Balaban J connectivity index is 2.22. The molecule has 0 aromatic heterocycles. The molecular weight excluding hydrogens is 298 g/mol. The molecule has 1 atom stereocenters. The first-order valence-electron chi connectivity index (χ1n) is 7.24. The van der Waals surface area contributed by atoms with Gasteiger partial charge in [-0.2, -0.15) is 0 Å². The maximum Gasteiger partial charge on any atom is 0.241 e. The van der Waals surface area contributed by atoms with E-state index in [1.165, 1.54) is 0 Å². The van der Waals surface area contributed by atoms with Gasteiger partial charge in [-0.1, -0.05) is 30.3 Å². The van der Waals surface area contributed by atoms with Crippen molar-refractivity contribution >= 4 is 10.0 Å². The van der Waals surface area contributed by atoms with Gasteiger partial charge in [-0.05, 0) is 50.1 Å². The van der Waals surface area contributed by atoms with Gasteiger partial charge in [-0.25, -0.2) is 13.1 Å². The molecule has 0 fully saturated rings. The Hall–Kier alpha value is -1.85. The highest BCUT2D eigenvalue weighted by Crippen LogP contribution is 2.23. The van der Waals surface area contributed by atoms with Crippen molar-refractivity contribution in [3.8, 4) is 5.75 Å². The molecule has 2 aromatic rings. The molecule has 22 heavy (non-hydrogen) atoms. The van der Waals surface area contributed by atoms with E-state index in [1.807, 2.05) is 51.1 Å². The molecule has 0 unspecified atom stereocenters. The van der Waals surface area contributed by atoms with Gasteiger partial charge in [0, 0.05) is 6.04 Å². The fourth-order valence-corrected chi connectivity index (χ4v) is 3.53. The van der Waals surface area contributed by atoms with Gasteiger partial charge < -0.3 is 4.74 Å². The van der Waals surface area contributed by atoms with E-state index in [1.54, 1.807) is 18.2 Å². The van der Waals surface area contributed by atoms with Gasteiger partial charge in [0.1, 0.15) is 5.75 Å². The van der Waals surface area contributed by atoms with E-state index in [0.717, 1.165) is 11.1 Å². The molecule has 2 rings (SSSR count). The first kappa shape index (κ1) is 16.5. The number of rotatable bonds is 6. The van der Waals surface area contributed by atoms with Crippen molar-refractivity contribution in [2.24, 2.45) is 0 Å². The number of hydrogen-bond acceptors (Lipinski definition) is 3. The number of benzene rings is 2. The Morgan fingerprint density at radius 2 is 1.82 bits per heavy atom. The molecule has 0 radical (unpaired) electrons. The predicted octanol–water partition coefficient (Wildman–Crippen LogP) is 3.43. The van der Waals surface area contributed by atoms with Crippen LogP contribution in [-0.4, -0.2) is 15.0 Å². The molecule has 0 saturated heterocycles. The summed E-state index contributed by atoms with van der Waals surface area (Å²) in [5.74, 6) is 0.706. The molecule has 0 heterocycles. The molecule has 0 amide bonds. The Bertz CT molecular complexity index is 727. The zero-order valence-corrected chi connectivity index (χ0v) is 13.9. The highest BCUT2D eigenvalue weighted by atomic mass is 32.2. The van der Waals surface area contributed by atoms with Crippen molar-refractivity contribution in [1.29, 1.82) is 0 Å². The Morgan fingerprint density at radius 1 is 1.14 bits per heavy atom. The molecule has 0 aliphatic heterocycles. The maximum absolute atomic E-state index is 12.5. The van der Waals surface area contributed by atoms with Crippen molar-refractivity contribution in [2.75, 3.05) is 6.61 Å². The van der Waals surface area contributed by atoms with Crippen LogP contribution < -0.4 is 9.46 Å². The number of hydrogen-bond donors (Lipinski definition) is 1. The van der Waals surface area contributed by atoms with Gasteiger partial charge in [0.05, 0.1) is 11.5 Å². The lowest BCUT2D eigenvalue weighted by atomic mass is 10.1. The molecule has 2 aromatic carbocycles. The first-order chi connectivity index (χ1) is 10.4. The molecule has 118 valence electrons. The third-order valence-electron chi connectivity index (χ3n) is 3.39. The largest absolute Gasteiger partial charge is 0.494 e. The zero-order valence-electron chi connectivity index (χ0n) is 13.0. The second kappa shape index (κ2) is 6.94. The number of nitrogens with one attached hydrogen (secondary N) is 1. The van der Waals surface area contributed by atoms with Crippen LogP contribution in [0, 0.1) is 6.92 Å². The Kier molecular flexibility index (Phi) is 5.21. The van der Waals surface area contributed by atoms with Gasteiger partial charge >= 0.3 is 0 Å². The summed E-state index contributed by atoms with van der Waals surface area (Å²) in [6, 6.07) is 14.1. The normalized spacial score (nSPS) is 12.9. The number of aryl methyl sites for hydroxylation is 1. The third-order valence-corrected chi connectivity index (χ3v) is 4.93. The van der Waals surface area contributed by atoms with Crippen LogP contribution in [0.1, 0.15) is 31.0 Å². The van der Waals surface area contributed by atoms with Gasteiger partial charge in [0.2, 0.25) is 10.0 Å². The van der Waals surface area contributed by atoms with Gasteiger partial charge in [0.25, 0.3) is 0 Å². The van der Waals surface area contributed by atoms with E-state index in [2.05, 4.69) is 4.72 Å². The monoisotopic (exact) mass is 319 g/mol. The molecular formula is C17H21NO3S. The lowest BCUT2D eigenvalue weighted by molar-refractivity contribution is 0.337. The van der Waals surface area contributed by atoms with Gasteiger partial charge in [-0.3, -0.25) is 0 Å². The summed E-state index contributed by atoms with van der Waals surface area (Å²) in [5.41, 5.74) is 1.73. The molecule has 0 spiro atoms. The van der Waals surface area contributed by atoms with Crippen LogP contribution in [-0.2, 0) is 10.0 Å². The van der Waals surface area contributed by atoms with E-state index in [0.29, 0.717) is 12.4 Å². The molecule has 0 aliphatic rings. The minimum Gasteiger partial charge on any atom is -0.494 e. The van der Waals surface area contributed by atoms with Crippen LogP contribution in [0.25, 0.3) is 0 Å². The highest BCUT2D eigenvalue weighted by Gasteiger charge is 2.19. The SMILES string of the molecule is CCOc1ccc(S(=O)(=O)N[C@H](C)c2ccccc2)cc1C. The average Bonchev–Trinajstić information content (AvgIpc) is 2.50. The summed E-state index contributed by atoms with van der Waals surface area (Å²) in [6.07, 6.45) is 0. The quantitative estimate of drug-likeness (QED) is 0.887. The Labute approximate surface area is 132 Å².